The summed E-state index contributed by atoms with van der Waals surface area (Å²) in [6.45, 7) is 3.62. The van der Waals surface area contributed by atoms with Crippen molar-refractivity contribution in [1.29, 1.82) is 0 Å². The number of likely N-dealkylation sites (tertiary alicyclic amines) is 1. The van der Waals surface area contributed by atoms with Crippen LogP contribution in [0.15, 0.2) is 48.5 Å². The van der Waals surface area contributed by atoms with E-state index in [1.54, 1.807) is 11.0 Å². The maximum atomic E-state index is 13.6. The fourth-order valence-electron chi connectivity index (χ4n) is 4.33. The number of para-hydroxylation sites is 3. The first-order chi connectivity index (χ1) is 16.7. The molecule has 3 aromatic rings. The van der Waals surface area contributed by atoms with Gasteiger partial charge in [-0.1, -0.05) is 30.3 Å². The molecule has 1 N–H and O–H groups in total. The summed E-state index contributed by atoms with van der Waals surface area (Å²) in [4.78, 5) is 37.6. The molecule has 0 aliphatic carbocycles. The van der Waals surface area contributed by atoms with E-state index in [1.165, 1.54) is 0 Å². The molecule has 0 atom stereocenters. The number of rotatable bonds is 6. The molecule has 1 aromatic heterocycles. The summed E-state index contributed by atoms with van der Waals surface area (Å²) in [6, 6.07) is 15.1. The molecule has 0 saturated carbocycles. The predicted molar refractivity (Wildman–Crippen MR) is 129 cm³/mol. The lowest BCUT2D eigenvalue weighted by Gasteiger charge is -2.27. The van der Waals surface area contributed by atoms with Gasteiger partial charge in [-0.2, -0.15) is 0 Å². The summed E-state index contributed by atoms with van der Waals surface area (Å²) in [5, 5.41) is 0. The Morgan fingerprint density at radius 1 is 0.971 bits per heavy atom. The van der Waals surface area contributed by atoms with Gasteiger partial charge in [-0.05, 0) is 37.1 Å². The van der Waals surface area contributed by atoms with Crippen molar-refractivity contribution in [3.8, 4) is 5.75 Å². The molecule has 0 radical (unpaired) electrons. The zero-order valence-corrected chi connectivity index (χ0v) is 19.0. The molecule has 0 unspecified atom stereocenters. The van der Waals surface area contributed by atoms with Crippen LogP contribution in [-0.2, 0) is 14.3 Å². The molecule has 0 spiro atoms. The molecule has 2 amide bonds. The van der Waals surface area contributed by atoms with E-state index >= 15 is 0 Å². The Hall–Kier alpha value is -3.65. The molecule has 2 fully saturated rings. The van der Waals surface area contributed by atoms with Gasteiger partial charge >= 0.3 is 0 Å². The van der Waals surface area contributed by atoms with Crippen molar-refractivity contribution in [3.63, 3.8) is 0 Å². The average molecular weight is 461 g/mol. The molecule has 3 heterocycles. The topological polar surface area (TPSA) is 87.8 Å². The zero-order chi connectivity index (χ0) is 23.3. The molecule has 8 nitrogen and oxygen atoms in total. The van der Waals surface area contributed by atoms with E-state index in [0.717, 1.165) is 37.0 Å². The van der Waals surface area contributed by atoms with Gasteiger partial charge in [0.05, 0.1) is 29.8 Å². The molecule has 8 heteroatoms. The van der Waals surface area contributed by atoms with E-state index in [9.17, 15) is 9.59 Å². The number of nitrogens with one attached hydrogen (secondary N) is 1. The van der Waals surface area contributed by atoms with Gasteiger partial charge in [0.15, 0.2) is 6.61 Å². The van der Waals surface area contributed by atoms with E-state index < -0.39 is 0 Å². The summed E-state index contributed by atoms with van der Waals surface area (Å²) in [6.07, 6.45) is 3.87. The summed E-state index contributed by atoms with van der Waals surface area (Å²) < 4.78 is 11.3. The second-order valence-electron chi connectivity index (χ2n) is 8.48. The summed E-state index contributed by atoms with van der Waals surface area (Å²) in [5.41, 5.74) is 2.81. The molecule has 5 rings (SSSR count). The third-order valence-corrected chi connectivity index (χ3v) is 6.20. The van der Waals surface area contributed by atoms with Crippen LogP contribution in [0.5, 0.6) is 5.75 Å². The summed E-state index contributed by atoms with van der Waals surface area (Å²) in [5.74, 6) is 0.919. The second-order valence-corrected chi connectivity index (χ2v) is 8.48. The molecular formula is C26H28N4O4. The monoisotopic (exact) mass is 460 g/mol. The van der Waals surface area contributed by atoms with Crippen LogP contribution in [0.4, 0.5) is 0 Å². The molecule has 0 bridgehead atoms. The van der Waals surface area contributed by atoms with Gasteiger partial charge in [-0.3, -0.25) is 9.59 Å². The van der Waals surface area contributed by atoms with Gasteiger partial charge in [0.2, 0.25) is 0 Å². The minimum atomic E-state index is -0.120. The molecule has 34 heavy (non-hydrogen) atoms. The smallest absolute Gasteiger partial charge is 0.260 e. The SMILES string of the molecule is O=C(COc1ccccc1C=C(C(=O)N1CCOCC1)c1nc2ccccc2[nH]1)N1CCCC1. The number of ether oxygens (including phenoxy) is 2. The van der Waals surface area contributed by atoms with Crippen molar-refractivity contribution >= 4 is 34.5 Å². The number of carbonyl (C=O) groups is 2. The Morgan fingerprint density at radius 3 is 2.50 bits per heavy atom. The van der Waals surface area contributed by atoms with Crippen LogP contribution in [0, 0.1) is 0 Å². The number of fused-ring (bicyclic) bond motifs is 1. The summed E-state index contributed by atoms with van der Waals surface area (Å²) >= 11 is 0. The molecule has 2 aromatic carbocycles. The van der Waals surface area contributed by atoms with Gasteiger partial charge < -0.3 is 24.3 Å². The lowest BCUT2D eigenvalue weighted by molar-refractivity contribution is -0.132. The van der Waals surface area contributed by atoms with E-state index in [0.29, 0.717) is 49.0 Å². The maximum Gasteiger partial charge on any atom is 0.260 e. The minimum absolute atomic E-state index is 0.0156. The molecule has 2 aliphatic rings. The van der Waals surface area contributed by atoms with Crippen molar-refractivity contribution in [1.82, 2.24) is 19.8 Å². The number of aromatic amines is 1. The van der Waals surface area contributed by atoms with Crippen LogP contribution in [0.25, 0.3) is 22.7 Å². The number of carbonyl (C=O) groups excluding carboxylic acids is 2. The standard InChI is InChI=1S/C26H28N4O4/c31-24(29-11-5-6-12-29)18-34-23-10-4-1-7-19(23)17-20(26(32)30-13-15-33-16-14-30)25-27-21-8-2-3-9-22(21)28-25/h1-4,7-10,17H,5-6,11-16,18H2,(H,27,28). The van der Waals surface area contributed by atoms with Gasteiger partial charge in [0.1, 0.15) is 11.6 Å². The Morgan fingerprint density at radius 2 is 1.71 bits per heavy atom. The Balaban J connectivity index is 1.47. The highest BCUT2D eigenvalue weighted by Gasteiger charge is 2.25. The van der Waals surface area contributed by atoms with Crippen molar-refractivity contribution in [3.05, 3.63) is 59.9 Å². The van der Waals surface area contributed by atoms with Gasteiger partial charge in [-0.15, -0.1) is 0 Å². The summed E-state index contributed by atoms with van der Waals surface area (Å²) in [7, 11) is 0. The first kappa shape index (κ1) is 22.2. The highest BCUT2D eigenvalue weighted by atomic mass is 16.5. The predicted octanol–water partition coefficient (Wildman–Crippen LogP) is 2.96. The van der Waals surface area contributed by atoms with Crippen LogP contribution in [0.3, 0.4) is 0 Å². The Bertz CT molecular complexity index is 1170. The number of morpholine rings is 1. The molecular weight excluding hydrogens is 432 g/mol. The molecule has 2 saturated heterocycles. The number of H-pyrrole nitrogens is 1. The first-order valence-corrected chi connectivity index (χ1v) is 11.7. The van der Waals surface area contributed by atoms with Crippen molar-refractivity contribution in [2.45, 2.75) is 12.8 Å². The van der Waals surface area contributed by atoms with E-state index in [-0.39, 0.29) is 18.4 Å². The highest BCUT2D eigenvalue weighted by Crippen LogP contribution is 2.27. The number of hydrogen-bond acceptors (Lipinski definition) is 5. The highest BCUT2D eigenvalue weighted by molar-refractivity contribution is 6.23. The van der Waals surface area contributed by atoms with Crippen molar-refractivity contribution < 1.29 is 19.1 Å². The Kier molecular flexibility index (Phi) is 6.58. The zero-order valence-electron chi connectivity index (χ0n) is 19.0. The number of benzene rings is 2. The van der Waals surface area contributed by atoms with Crippen molar-refractivity contribution in [2.75, 3.05) is 46.0 Å². The number of aromatic nitrogens is 2. The number of amides is 2. The lowest BCUT2D eigenvalue weighted by Crippen LogP contribution is -2.41. The maximum absolute atomic E-state index is 13.6. The van der Waals surface area contributed by atoms with Gasteiger partial charge in [0, 0.05) is 31.7 Å². The number of nitrogens with zero attached hydrogens (tertiary/aromatic N) is 3. The third kappa shape index (κ3) is 4.82. The van der Waals surface area contributed by atoms with Crippen LogP contribution in [-0.4, -0.2) is 77.6 Å². The lowest BCUT2D eigenvalue weighted by atomic mass is 10.1. The second kappa shape index (κ2) is 10.1. The van der Waals surface area contributed by atoms with Crippen LogP contribution >= 0.6 is 0 Å². The third-order valence-electron chi connectivity index (χ3n) is 6.20. The van der Waals surface area contributed by atoms with E-state index in [4.69, 9.17) is 9.47 Å². The van der Waals surface area contributed by atoms with Crippen molar-refractivity contribution in [2.24, 2.45) is 0 Å². The Labute approximate surface area is 198 Å². The fraction of sp³-hybridized carbons (Fsp3) is 0.346. The minimum Gasteiger partial charge on any atom is -0.483 e. The molecule has 2 aliphatic heterocycles. The largest absolute Gasteiger partial charge is 0.483 e. The quantitative estimate of drug-likeness (QED) is 0.572. The van der Waals surface area contributed by atoms with E-state index in [1.807, 2.05) is 53.4 Å². The average Bonchev–Trinajstić information content (AvgIpc) is 3.57. The van der Waals surface area contributed by atoms with Gasteiger partial charge in [0.25, 0.3) is 11.8 Å². The fourth-order valence-corrected chi connectivity index (χ4v) is 4.33. The van der Waals surface area contributed by atoms with Crippen LogP contribution in [0.1, 0.15) is 24.2 Å². The van der Waals surface area contributed by atoms with Gasteiger partial charge in [-0.25, -0.2) is 4.98 Å². The number of imidazole rings is 1. The normalized spacial score (nSPS) is 16.8. The van der Waals surface area contributed by atoms with Crippen LogP contribution < -0.4 is 4.74 Å². The van der Waals surface area contributed by atoms with E-state index in [2.05, 4.69) is 9.97 Å². The number of hydrogen-bond donors (Lipinski definition) is 1. The van der Waals surface area contributed by atoms with Crippen LogP contribution in [0.2, 0.25) is 0 Å². The first-order valence-electron chi connectivity index (χ1n) is 11.7. The molecule has 176 valence electrons.